The number of aryl methyl sites for hydroxylation is 1. The van der Waals surface area contributed by atoms with Crippen molar-refractivity contribution >= 4 is 5.97 Å². The van der Waals surface area contributed by atoms with Crippen molar-refractivity contribution in [3.8, 4) is 0 Å². The predicted octanol–water partition coefficient (Wildman–Crippen LogP) is 0.742. The Morgan fingerprint density at radius 3 is 2.55 bits per heavy atom. The van der Waals surface area contributed by atoms with E-state index < -0.39 is 5.97 Å². The highest BCUT2D eigenvalue weighted by molar-refractivity contribution is 5.90. The van der Waals surface area contributed by atoms with Crippen molar-refractivity contribution in [2.45, 2.75) is 20.4 Å². The number of aromatic carboxylic acids is 1. The normalized spacial score (nSPS) is 11.1. The summed E-state index contributed by atoms with van der Waals surface area (Å²) in [4.78, 5) is 25.1. The SMILES string of the molecule is Cc1cc(=O)n(CCOCCN(C)C)c(C)c1C(=O)O. The number of nitrogens with zero attached hydrogens (tertiary/aromatic N) is 2. The summed E-state index contributed by atoms with van der Waals surface area (Å²) in [7, 11) is 3.91. The zero-order chi connectivity index (χ0) is 15.3. The lowest BCUT2D eigenvalue weighted by molar-refractivity contribution is 0.0693. The van der Waals surface area contributed by atoms with E-state index in [0.717, 1.165) is 6.54 Å². The van der Waals surface area contributed by atoms with Gasteiger partial charge in [0.1, 0.15) is 0 Å². The van der Waals surface area contributed by atoms with Crippen LogP contribution in [0.5, 0.6) is 0 Å². The van der Waals surface area contributed by atoms with Crippen molar-refractivity contribution in [3.05, 3.63) is 33.2 Å². The molecule has 6 nitrogen and oxygen atoms in total. The lowest BCUT2D eigenvalue weighted by atomic mass is 10.1. The highest BCUT2D eigenvalue weighted by atomic mass is 16.5. The van der Waals surface area contributed by atoms with Gasteiger partial charge in [0, 0.05) is 24.8 Å². The minimum atomic E-state index is -1.01. The van der Waals surface area contributed by atoms with Crippen LogP contribution in [0.1, 0.15) is 21.6 Å². The van der Waals surface area contributed by atoms with Crippen molar-refractivity contribution in [3.63, 3.8) is 0 Å². The number of carboxylic acids is 1. The standard InChI is InChI=1S/C14H22N2O4/c1-10-9-12(17)16(11(2)13(10)14(18)19)6-8-20-7-5-15(3)4/h9H,5-8H2,1-4H3,(H,18,19). The summed E-state index contributed by atoms with van der Waals surface area (Å²) in [5.74, 6) is -1.01. The average molecular weight is 282 g/mol. The van der Waals surface area contributed by atoms with Crippen LogP contribution in [0.25, 0.3) is 0 Å². The Kier molecular flexibility index (Phi) is 5.91. The Morgan fingerprint density at radius 1 is 1.35 bits per heavy atom. The van der Waals surface area contributed by atoms with Crippen LogP contribution in [-0.4, -0.2) is 54.4 Å². The van der Waals surface area contributed by atoms with Gasteiger partial charge >= 0.3 is 5.97 Å². The smallest absolute Gasteiger partial charge is 0.337 e. The molecule has 0 saturated carbocycles. The van der Waals surface area contributed by atoms with Gasteiger partial charge in [-0.05, 0) is 33.5 Å². The second kappa shape index (κ2) is 7.21. The molecule has 0 aliphatic rings. The lowest BCUT2D eigenvalue weighted by Gasteiger charge is -2.15. The molecule has 1 N–H and O–H groups in total. The largest absolute Gasteiger partial charge is 0.478 e. The Morgan fingerprint density at radius 2 is 2.00 bits per heavy atom. The molecular weight excluding hydrogens is 260 g/mol. The van der Waals surface area contributed by atoms with E-state index in [9.17, 15) is 14.7 Å². The maximum absolute atomic E-state index is 11.9. The monoisotopic (exact) mass is 282 g/mol. The summed E-state index contributed by atoms with van der Waals surface area (Å²) in [5, 5.41) is 9.18. The molecule has 1 aromatic rings. The van der Waals surface area contributed by atoms with Gasteiger partial charge < -0.3 is 19.3 Å². The molecule has 1 heterocycles. The number of rotatable bonds is 7. The van der Waals surface area contributed by atoms with Gasteiger partial charge in [0.15, 0.2) is 0 Å². The van der Waals surface area contributed by atoms with Crippen molar-refractivity contribution in [1.29, 1.82) is 0 Å². The van der Waals surface area contributed by atoms with Gasteiger partial charge in [0.25, 0.3) is 5.56 Å². The first-order valence-electron chi connectivity index (χ1n) is 6.51. The Hall–Kier alpha value is -1.66. The summed E-state index contributed by atoms with van der Waals surface area (Å²) in [6.07, 6.45) is 0. The molecule has 0 atom stereocenters. The van der Waals surface area contributed by atoms with Crippen molar-refractivity contribution in [2.75, 3.05) is 33.9 Å². The van der Waals surface area contributed by atoms with E-state index in [1.165, 1.54) is 10.6 Å². The molecule has 0 radical (unpaired) electrons. The van der Waals surface area contributed by atoms with Crippen LogP contribution in [-0.2, 0) is 11.3 Å². The van der Waals surface area contributed by atoms with Crippen LogP contribution >= 0.6 is 0 Å². The third kappa shape index (κ3) is 4.18. The van der Waals surface area contributed by atoms with Crippen LogP contribution in [0.4, 0.5) is 0 Å². The molecule has 0 unspecified atom stereocenters. The third-order valence-corrected chi connectivity index (χ3v) is 3.12. The summed E-state index contributed by atoms with van der Waals surface area (Å²) < 4.78 is 6.89. The van der Waals surface area contributed by atoms with E-state index in [1.807, 2.05) is 19.0 Å². The number of likely N-dealkylation sites (N-methyl/N-ethyl adjacent to an activating group) is 1. The van der Waals surface area contributed by atoms with Gasteiger partial charge in [-0.15, -0.1) is 0 Å². The third-order valence-electron chi connectivity index (χ3n) is 3.12. The van der Waals surface area contributed by atoms with Crippen molar-refractivity contribution in [2.24, 2.45) is 0 Å². The molecule has 1 rings (SSSR count). The van der Waals surface area contributed by atoms with Gasteiger partial charge in [0.2, 0.25) is 0 Å². The fourth-order valence-electron chi connectivity index (χ4n) is 2.03. The Bertz CT molecular complexity index is 535. The highest BCUT2D eigenvalue weighted by Gasteiger charge is 2.15. The summed E-state index contributed by atoms with van der Waals surface area (Å²) in [5.41, 5.74) is 0.961. The molecule has 0 fully saturated rings. The van der Waals surface area contributed by atoms with Crippen molar-refractivity contribution in [1.82, 2.24) is 9.47 Å². The van der Waals surface area contributed by atoms with E-state index in [2.05, 4.69) is 0 Å². The summed E-state index contributed by atoms with van der Waals surface area (Å²) in [6, 6.07) is 1.36. The van der Waals surface area contributed by atoms with Crippen LogP contribution in [0.15, 0.2) is 10.9 Å². The molecule has 0 amide bonds. The summed E-state index contributed by atoms with van der Waals surface area (Å²) >= 11 is 0. The lowest BCUT2D eigenvalue weighted by Crippen LogP contribution is -2.28. The van der Waals surface area contributed by atoms with Crippen LogP contribution < -0.4 is 5.56 Å². The quantitative estimate of drug-likeness (QED) is 0.747. The van der Waals surface area contributed by atoms with Gasteiger partial charge in [-0.25, -0.2) is 4.79 Å². The minimum Gasteiger partial charge on any atom is -0.478 e. The van der Waals surface area contributed by atoms with Crippen LogP contribution in [0.3, 0.4) is 0 Å². The maximum atomic E-state index is 11.9. The van der Waals surface area contributed by atoms with Gasteiger partial charge in [0.05, 0.1) is 18.8 Å². The van der Waals surface area contributed by atoms with E-state index in [-0.39, 0.29) is 11.1 Å². The fourth-order valence-corrected chi connectivity index (χ4v) is 2.03. The number of hydrogen-bond donors (Lipinski definition) is 1. The molecule has 1 aromatic heterocycles. The molecule has 0 aliphatic heterocycles. The molecule has 112 valence electrons. The van der Waals surface area contributed by atoms with Gasteiger partial charge in [-0.1, -0.05) is 0 Å². The molecule has 20 heavy (non-hydrogen) atoms. The summed E-state index contributed by atoms with van der Waals surface area (Å²) in [6.45, 7) is 5.42. The molecule has 0 saturated heterocycles. The molecule has 6 heteroatoms. The molecular formula is C14H22N2O4. The van der Waals surface area contributed by atoms with Crippen LogP contribution in [0.2, 0.25) is 0 Å². The van der Waals surface area contributed by atoms with E-state index in [0.29, 0.717) is 31.0 Å². The molecule has 0 spiro atoms. The number of aromatic nitrogens is 1. The number of hydrogen-bond acceptors (Lipinski definition) is 4. The second-order valence-electron chi connectivity index (χ2n) is 5.00. The Labute approximate surface area is 118 Å². The molecule has 0 aliphatic carbocycles. The first-order chi connectivity index (χ1) is 9.34. The number of pyridine rings is 1. The van der Waals surface area contributed by atoms with Crippen molar-refractivity contribution < 1.29 is 14.6 Å². The first-order valence-corrected chi connectivity index (χ1v) is 6.51. The highest BCUT2D eigenvalue weighted by Crippen LogP contribution is 2.11. The maximum Gasteiger partial charge on any atom is 0.337 e. The van der Waals surface area contributed by atoms with E-state index in [1.54, 1.807) is 13.8 Å². The number of carboxylic acid groups (broad SMARTS) is 1. The van der Waals surface area contributed by atoms with Crippen LogP contribution in [0, 0.1) is 13.8 Å². The topological polar surface area (TPSA) is 71.8 Å². The van der Waals surface area contributed by atoms with Gasteiger partial charge in [-0.3, -0.25) is 4.79 Å². The predicted molar refractivity (Wildman–Crippen MR) is 76.5 cm³/mol. The second-order valence-corrected chi connectivity index (χ2v) is 5.00. The number of ether oxygens (including phenoxy) is 1. The van der Waals surface area contributed by atoms with E-state index >= 15 is 0 Å². The average Bonchev–Trinajstić information content (AvgIpc) is 2.30. The number of carbonyl (C=O) groups is 1. The van der Waals surface area contributed by atoms with Gasteiger partial charge in [-0.2, -0.15) is 0 Å². The molecule has 0 aromatic carbocycles. The zero-order valence-electron chi connectivity index (χ0n) is 12.5. The van der Waals surface area contributed by atoms with E-state index in [4.69, 9.17) is 4.74 Å². The Balaban J connectivity index is 2.78. The first kappa shape index (κ1) is 16.4. The minimum absolute atomic E-state index is 0.192. The molecule has 0 bridgehead atoms. The fraction of sp³-hybridized carbons (Fsp3) is 0.571. The zero-order valence-corrected chi connectivity index (χ0v) is 12.5.